The molecule has 4 fully saturated rings. The summed E-state index contributed by atoms with van der Waals surface area (Å²) in [4.78, 5) is 17.9. The SMILES string of the molecule is C=C(C)[C@@H]1CC[C@]2(C(=O)O)CC[C@]3(C)[C@H](CC[C@@H]4[C@@]5(C)Cc6nnc(SC)nc6C(C)(C)[C@@H]5CC[C@]43C)[C@@H]12. The Morgan fingerprint density at radius 3 is 2.34 bits per heavy atom. The van der Waals surface area contributed by atoms with Crippen LogP contribution in [0.2, 0.25) is 0 Å². The Labute approximate surface area is 233 Å². The largest absolute Gasteiger partial charge is 0.481 e. The first-order valence-corrected chi connectivity index (χ1v) is 16.2. The van der Waals surface area contributed by atoms with Crippen molar-refractivity contribution in [3.05, 3.63) is 23.5 Å². The quantitative estimate of drug-likeness (QED) is 0.321. The standard InChI is InChI=1S/C32H47N3O2S/c1-18(2)19-11-14-32(26(36)37)16-15-30(6)20(24(19)32)9-10-23-29(5)17-21-25(33-27(38-8)35-34-21)28(3,4)22(29)12-13-31(23,30)7/h19-20,22-24H,1,9-17H2,2-8H3,(H,36,37)/t19-,20+,22-,23+,24+,29-,30+,31+,32-/m0/s1. The van der Waals surface area contributed by atoms with Crippen molar-refractivity contribution in [1.82, 2.24) is 15.2 Å². The highest BCUT2D eigenvalue weighted by atomic mass is 32.2. The highest BCUT2D eigenvalue weighted by molar-refractivity contribution is 7.98. The van der Waals surface area contributed by atoms with Crippen LogP contribution >= 0.6 is 11.8 Å². The summed E-state index contributed by atoms with van der Waals surface area (Å²) < 4.78 is 0. The number of carboxylic acids is 1. The van der Waals surface area contributed by atoms with E-state index in [1.165, 1.54) is 30.5 Å². The topological polar surface area (TPSA) is 76.0 Å². The van der Waals surface area contributed by atoms with Gasteiger partial charge in [-0.25, -0.2) is 4.98 Å². The molecule has 0 bridgehead atoms. The highest BCUT2D eigenvalue weighted by Crippen LogP contribution is 2.77. The van der Waals surface area contributed by atoms with Gasteiger partial charge in [-0.2, -0.15) is 5.10 Å². The van der Waals surface area contributed by atoms with Gasteiger partial charge < -0.3 is 5.11 Å². The molecule has 5 aliphatic carbocycles. The van der Waals surface area contributed by atoms with E-state index in [1.807, 2.05) is 6.26 Å². The molecule has 0 aliphatic heterocycles. The molecule has 208 valence electrons. The second kappa shape index (κ2) is 8.30. The first kappa shape index (κ1) is 26.8. The number of carbonyl (C=O) groups is 1. The third-order valence-corrected chi connectivity index (χ3v) is 14.2. The lowest BCUT2D eigenvalue weighted by Gasteiger charge is -2.72. The number of thioether (sulfide) groups is 1. The molecule has 1 N–H and O–H groups in total. The second-order valence-electron chi connectivity index (χ2n) is 15.1. The second-order valence-corrected chi connectivity index (χ2v) is 15.9. The molecule has 38 heavy (non-hydrogen) atoms. The molecule has 6 rings (SSSR count). The number of allylic oxidation sites excluding steroid dienone is 1. The minimum atomic E-state index is -0.555. The molecule has 0 amide bonds. The van der Waals surface area contributed by atoms with Crippen molar-refractivity contribution in [3.63, 3.8) is 0 Å². The average Bonchev–Trinajstić information content (AvgIpc) is 3.25. The molecule has 9 atom stereocenters. The summed E-state index contributed by atoms with van der Waals surface area (Å²) in [6, 6.07) is 0. The summed E-state index contributed by atoms with van der Waals surface area (Å²) in [6.45, 7) is 19.1. The van der Waals surface area contributed by atoms with Crippen LogP contribution in [0, 0.1) is 51.2 Å². The number of fused-ring (bicyclic) bond motifs is 8. The normalized spacial score (nSPS) is 46.7. The van der Waals surface area contributed by atoms with Crippen LogP contribution in [-0.2, 0) is 16.6 Å². The summed E-state index contributed by atoms with van der Waals surface area (Å²) in [5.41, 5.74) is 3.34. The van der Waals surface area contributed by atoms with E-state index in [1.54, 1.807) is 11.8 Å². The summed E-state index contributed by atoms with van der Waals surface area (Å²) >= 11 is 1.58. The van der Waals surface area contributed by atoms with Crippen LogP contribution in [0.15, 0.2) is 17.3 Å². The maximum Gasteiger partial charge on any atom is 0.309 e. The van der Waals surface area contributed by atoms with E-state index in [4.69, 9.17) is 10.1 Å². The van der Waals surface area contributed by atoms with Gasteiger partial charge in [0.25, 0.3) is 0 Å². The Morgan fingerprint density at radius 2 is 1.68 bits per heavy atom. The molecule has 4 saturated carbocycles. The third kappa shape index (κ3) is 3.13. The first-order valence-electron chi connectivity index (χ1n) is 14.9. The molecule has 0 aromatic carbocycles. The lowest BCUT2D eigenvalue weighted by molar-refractivity contribution is -0.228. The Morgan fingerprint density at radius 1 is 0.947 bits per heavy atom. The molecule has 1 aromatic heterocycles. The van der Waals surface area contributed by atoms with Crippen LogP contribution in [-0.4, -0.2) is 32.5 Å². The smallest absolute Gasteiger partial charge is 0.309 e. The molecule has 0 radical (unpaired) electrons. The molecule has 5 nitrogen and oxygen atoms in total. The summed E-state index contributed by atoms with van der Waals surface area (Å²) in [5, 5.41) is 20.6. The molecule has 1 aromatic rings. The summed E-state index contributed by atoms with van der Waals surface area (Å²) in [5.74, 6) is 1.62. The van der Waals surface area contributed by atoms with E-state index < -0.39 is 11.4 Å². The molecule has 5 aliphatic rings. The maximum absolute atomic E-state index is 12.9. The van der Waals surface area contributed by atoms with E-state index in [9.17, 15) is 9.90 Å². The van der Waals surface area contributed by atoms with Crippen LogP contribution in [0.5, 0.6) is 0 Å². The van der Waals surface area contributed by atoms with Gasteiger partial charge in [0.1, 0.15) is 0 Å². The zero-order chi connectivity index (χ0) is 27.5. The summed E-state index contributed by atoms with van der Waals surface area (Å²) in [7, 11) is 0. The Kier molecular flexibility index (Phi) is 5.85. The molecule has 0 spiro atoms. The molecule has 6 heteroatoms. The monoisotopic (exact) mass is 537 g/mol. The Hall–Kier alpha value is -1.43. The number of rotatable bonds is 3. The lowest BCUT2D eigenvalue weighted by Crippen LogP contribution is -2.67. The predicted molar refractivity (Wildman–Crippen MR) is 152 cm³/mol. The van der Waals surface area contributed by atoms with Crippen molar-refractivity contribution in [3.8, 4) is 0 Å². The van der Waals surface area contributed by atoms with E-state index in [0.29, 0.717) is 23.7 Å². The van der Waals surface area contributed by atoms with Crippen molar-refractivity contribution in [2.75, 3.05) is 6.26 Å². The zero-order valence-electron chi connectivity index (χ0n) is 24.6. The van der Waals surface area contributed by atoms with Gasteiger partial charge in [-0.15, -0.1) is 5.10 Å². The molecule has 1 heterocycles. The van der Waals surface area contributed by atoms with Gasteiger partial charge in [0.2, 0.25) is 5.16 Å². The maximum atomic E-state index is 12.9. The molecular weight excluding hydrogens is 490 g/mol. The fraction of sp³-hybridized carbons (Fsp3) is 0.812. The van der Waals surface area contributed by atoms with Crippen molar-refractivity contribution < 1.29 is 9.90 Å². The molecular formula is C32H47N3O2S. The van der Waals surface area contributed by atoms with E-state index in [2.05, 4.69) is 53.2 Å². The number of hydrogen-bond acceptors (Lipinski definition) is 5. The van der Waals surface area contributed by atoms with Crippen molar-refractivity contribution in [1.29, 1.82) is 0 Å². The average molecular weight is 538 g/mol. The van der Waals surface area contributed by atoms with Gasteiger partial charge in [0, 0.05) is 5.41 Å². The zero-order valence-corrected chi connectivity index (χ0v) is 25.4. The fourth-order valence-electron chi connectivity index (χ4n) is 11.9. The van der Waals surface area contributed by atoms with E-state index in [0.717, 1.165) is 49.4 Å². The van der Waals surface area contributed by atoms with Crippen molar-refractivity contribution in [2.45, 2.75) is 110 Å². The predicted octanol–water partition coefficient (Wildman–Crippen LogP) is 7.35. The number of aromatic nitrogens is 3. The Bertz CT molecular complexity index is 1200. The van der Waals surface area contributed by atoms with Crippen molar-refractivity contribution in [2.24, 2.45) is 51.2 Å². The Balaban J connectivity index is 1.43. The van der Waals surface area contributed by atoms with Crippen molar-refractivity contribution >= 4 is 17.7 Å². The van der Waals surface area contributed by atoms with Gasteiger partial charge >= 0.3 is 5.97 Å². The minimum Gasteiger partial charge on any atom is -0.481 e. The third-order valence-electron chi connectivity index (χ3n) is 13.7. The summed E-state index contributed by atoms with van der Waals surface area (Å²) in [6.07, 6.45) is 11.4. The van der Waals surface area contributed by atoms with Crippen LogP contribution in [0.1, 0.15) is 104 Å². The highest BCUT2D eigenvalue weighted by Gasteiger charge is 2.72. The number of nitrogens with zero attached hydrogens (tertiary/aromatic N) is 3. The number of hydrogen-bond donors (Lipinski definition) is 1. The van der Waals surface area contributed by atoms with Gasteiger partial charge in [-0.3, -0.25) is 4.79 Å². The van der Waals surface area contributed by atoms with Crippen LogP contribution in [0.3, 0.4) is 0 Å². The van der Waals surface area contributed by atoms with E-state index >= 15 is 0 Å². The molecule has 0 unspecified atom stereocenters. The minimum absolute atomic E-state index is 0.0383. The van der Waals surface area contributed by atoms with Gasteiger partial charge in [-0.05, 0) is 117 Å². The van der Waals surface area contributed by atoms with Crippen LogP contribution in [0.4, 0.5) is 0 Å². The molecule has 0 saturated heterocycles. The van der Waals surface area contributed by atoms with Gasteiger partial charge in [0.05, 0.1) is 16.8 Å². The van der Waals surface area contributed by atoms with Crippen LogP contribution < -0.4 is 0 Å². The van der Waals surface area contributed by atoms with E-state index in [-0.39, 0.29) is 27.6 Å². The number of aliphatic carboxylic acids is 1. The van der Waals surface area contributed by atoms with Gasteiger partial charge in [0.15, 0.2) is 0 Å². The number of carboxylic acid groups (broad SMARTS) is 1. The van der Waals surface area contributed by atoms with Crippen LogP contribution in [0.25, 0.3) is 0 Å². The first-order chi connectivity index (χ1) is 17.8. The fourth-order valence-corrected chi connectivity index (χ4v) is 12.2. The van der Waals surface area contributed by atoms with Gasteiger partial charge in [-0.1, -0.05) is 58.5 Å². The lowest BCUT2D eigenvalue weighted by atomic mass is 9.32.